The molecule has 1 fully saturated rings. The topological polar surface area (TPSA) is 27.3 Å². The third-order valence-corrected chi connectivity index (χ3v) is 4.51. The summed E-state index contributed by atoms with van der Waals surface area (Å²) in [5, 5.41) is 7.15. The highest BCUT2D eigenvalue weighted by Gasteiger charge is 2.27. The highest BCUT2D eigenvalue weighted by atomic mass is 15.2. The highest BCUT2D eigenvalue weighted by Crippen LogP contribution is 2.15. The summed E-state index contributed by atoms with van der Waals surface area (Å²) in [6.45, 7) is 16.3. The minimum atomic E-state index is 0.283. The van der Waals surface area contributed by atoms with E-state index < -0.39 is 0 Å². The van der Waals surface area contributed by atoms with Crippen LogP contribution in [0.2, 0.25) is 0 Å². The largest absolute Gasteiger partial charge is 0.315 e. The molecule has 0 spiro atoms. The molecule has 0 amide bonds. The summed E-state index contributed by atoms with van der Waals surface area (Å²) in [6, 6.07) is 0. The number of rotatable bonds is 9. The molecule has 1 atom stereocenters. The fourth-order valence-electron chi connectivity index (χ4n) is 2.91. The summed E-state index contributed by atoms with van der Waals surface area (Å²) < 4.78 is 0. The Balaban J connectivity index is 2.25. The Morgan fingerprint density at radius 3 is 2.47 bits per heavy atom. The Morgan fingerprint density at radius 2 is 1.89 bits per heavy atom. The van der Waals surface area contributed by atoms with Gasteiger partial charge in [-0.05, 0) is 32.7 Å². The van der Waals surface area contributed by atoms with E-state index in [1.54, 1.807) is 0 Å². The Labute approximate surface area is 120 Å². The van der Waals surface area contributed by atoms with Crippen LogP contribution >= 0.6 is 0 Å². The van der Waals surface area contributed by atoms with Gasteiger partial charge in [-0.3, -0.25) is 4.90 Å². The van der Waals surface area contributed by atoms with Crippen molar-refractivity contribution in [2.45, 2.75) is 58.9 Å². The lowest BCUT2D eigenvalue weighted by molar-refractivity contribution is 0.101. The zero-order chi connectivity index (χ0) is 14.1. The van der Waals surface area contributed by atoms with Gasteiger partial charge in [-0.2, -0.15) is 0 Å². The first-order valence-corrected chi connectivity index (χ1v) is 8.26. The standard InChI is InChI=1S/C16H35N3/c1-5-7-8-15(6-2)13-18-14-16(3,4)19-11-9-17-10-12-19/h15,17-18H,5-14H2,1-4H3. The number of nitrogens with zero attached hydrogens (tertiary/aromatic N) is 1. The van der Waals surface area contributed by atoms with Crippen molar-refractivity contribution < 1.29 is 0 Å². The van der Waals surface area contributed by atoms with Gasteiger partial charge in [0.25, 0.3) is 0 Å². The van der Waals surface area contributed by atoms with Crippen molar-refractivity contribution in [3.05, 3.63) is 0 Å². The van der Waals surface area contributed by atoms with Crippen molar-refractivity contribution >= 4 is 0 Å². The first-order valence-electron chi connectivity index (χ1n) is 8.26. The van der Waals surface area contributed by atoms with E-state index in [1.807, 2.05) is 0 Å². The van der Waals surface area contributed by atoms with Crippen molar-refractivity contribution in [1.29, 1.82) is 0 Å². The number of unbranched alkanes of at least 4 members (excludes halogenated alkanes) is 1. The molecule has 1 saturated heterocycles. The number of nitrogens with one attached hydrogen (secondary N) is 2. The van der Waals surface area contributed by atoms with Gasteiger partial charge in [0, 0.05) is 38.3 Å². The van der Waals surface area contributed by atoms with Crippen LogP contribution in [0.5, 0.6) is 0 Å². The maximum atomic E-state index is 3.72. The highest BCUT2D eigenvalue weighted by molar-refractivity contribution is 4.86. The summed E-state index contributed by atoms with van der Waals surface area (Å²) in [5.74, 6) is 0.860. The second-order valence-electron chi connectivity index (χ2n) is 6.60. The molecule has 1 rings (SSSR count). The monoisotopic (exact) mass is 269 g/mol. The number of hydrogen-bond acceptors (Lipinski definition) is 3. The van der Waals surface area contributed by atoms with Gasteiger partial charge in [-0.15, -0.1) is 0 Å². The Kier molecular flexibility index (Phi) is 7.96. The Hall–Kier alpha value is -0.120. The number of hydrogen-bond donors (Lipinski definition) is 2. The molecular weight excluding hydrogens is 234 g/mol. The van der Waals surface area contributed by atoms with E-state index in [-0.39, 0.29) is 5.54 Å². The molecule has 114 valence electrons. The molecule has 0 saturated carbocycles. The zero-order valence-corrected chi connectivity index (χ0v) is 13.6. The van der Waals surface area contributed by atoms with Gasteiger partial charge in [0.15, 0.2) is 0 Å². The minimum absolute atomic E-state index is 0.283. The van der Waals surface area contributed by atoms with E-state index in [4.69, 9.17) is 0 Å². The van der Waals surface area contributed by atoms with Crippen LogP contribution in [0.1, 0.15) is 53.4 Å². The van der Waals surface area contributed by atoms with E-state index >= 15 is 0 Å². The molecule has 1 heterocycles. The SMILES string of the molecule is CCCCC(CC)CNCC(C)(C)N1CCNCC1. The van der Waals surface area contributed by atoms with Gasteiger partial charge in [-0.25, -0.2) is 0 Å². The van der Waals surface area contributed by atoms with Crippen LogP contribution in [0.15, 0.2) is 0 Å². The van der Waals surface area contributed by atoms with Crippen molar-refractivity contribution in [3.63, 3.8) is 0 Å². The molecule has 0 aliphatic carbocycles. The van der Waals surface area contributed by atoms with Crippen molar-refractivity contribution in [2.75, 3.05) is 39.3 Å². The fraction of sp³-hybridized carbons (Fsp3) is 1.00. The summed E-state index contributed by atoms with van der Waals surface area (Å²) in [4.78, 5) is 2.61. The minimum Gasteiger partial charge on any atom is -0.315 e. The predicted molar refractivity (Wildman–Crippen MR) is 84.7 cm³/mol. The van der Waals surface area contributed by atoms with Crippen LogP contribution in [0.3, 0.4) is 0 Å². The van der Waals surface area contributed by atoms with Crippen LogP contribution in [-0.2, 0) is 0 Å². The first kappa shape index (κ1) is 16.9. The average Bonchev–Trinajstić information content (AvgIpc) is 2.43. The lowest BCUT2D eigenvalue weighted by Gasteiger charge is -2.41. The summed E-state index contributed by atoms with van der Waals surface area (Å²) in [7, 11) is 0. The van der Waals surface area contributed by atoms with E-state index in [0.717, 1.165) is 25.6 Å². The van der Waals surface area contributed by atoms with E-state index in [2.05, 4.69) is 43.2 Å². The van der Waals surface area contributed by atoms with E-state index in [1.165, 1.54) is 45.3 Å². The second-order valence-corrected chi connectivity index (χ2v) is 6.60. The summed E-state index contributed by atoms with van der Waals surface area (Å²) in [5.41, 5.74) is 0.283. The average molecular weight is 269 g/mol. The van der Waals surface area contributed by atoms with Gasteiger partial charge in [0.05, 0.1) is 0 Å². The molecule has 0 radical (unpaired) electrons. The van der Waals surface area contributed by atoms with Crippen molar-refractivity contribution in [1.82, 2.24) is 15.5 Å². The predicted octanol–water partition coefficient (Wildman–Crippen LogP) is 2.48. The van der Waals surface area contributed by atoms with Crippen molar-refractivity contribution in [3.8, 4) is 0 Å². The zero-order valence-electron chi connectivity index (χ0n) is 13.6. The molecular formula is C16H35N3. The van der Waals surface area contributed by atoms with Crippen LogP contribution < -0.4 is 10.6 Å². The van der Waals surface area contributed by atoms with Gasteiger partial charge < -0.3 is 10.6 Å². The maximum absolute atomic E-state index is 3.72. The Morgan fingerprint density at radius 1 is 1.21 bits per heavy atom. The number of piperazine rings is 1. The summed E-state index contributed by atoms with van der Waals surface area (Å²) >= 11 is 0. The van der Waals surface area contributed by atoms with Crippen LogP contribution in [0, 0.1) is 5.92 Å². The summed E-state index contributed by atoms with van der Waals surface area (Å²) in [6.07, 6.45) is 5.39. The third-order valence-electron chi connectivity index (χ3n) is 4.51. The molecule has 19 heavy (non-hydrogen) atoms. The molecule has 1 aliphatic heterocycles. The van der Waals surface area contributed by atoms with E-state index in [9.17, 15) is 0 Å². The van der Waals surface area contributed by atoms with Gasteiger partial charge in [0.2, 0.25) is 0 Å². The van der Waals surface area contributed by atoms with Gasteiger partial charge >= 0.3 is 0 Å². The smallest absolute Gasteiger partial charge is 0.0278 e. The molecule has 0 aromatic carbocycles. The molecule has 0 aromatic rings. The molecule has 2 N–H and O–H groups in total. The molecule has 3 heteroatoms. The maximum Gasteiger partial charge on any atom is 0.0278 e. The lowest BCUT2D eigenvalue weighted by Crippen LogP contribution is -2.57. The Bertz CT molecular complexity index is 222. The van der Waals surface area contributed by atoms with Crippen LogP contribution in [-0.4, -0.2) is 49.7 Å². The van der Waals surface area contributed by atoms with Crippen LogP contribution in [0.25, 0.3) is 0 Å². The molecule has 1 unspecified atom stereocenters. The molecule has 3 nitrogen and oxygen atoms in total. The van der Waals surface area contributed by atoms with Gasteiger partial charge in [0.1, 0.15) is 0 Å². The quantitative estimate of drug-likeness (QED) is 0.673. The molecule has 0 aromatic heterocycles. The van der Waals surface area contributed by atoms with Crippen molar-refractivity contribution in [2.24, 2.45) is 5.92 Å². The lowest BCUT2D eigenvalue weighted by atomic mass is 9.97. The molecule has 1 aliphatic rings. The fourth-order valence-corrected chi connectivity index (χ4v) is 2.91. The van der Waals surface area contributed by atoms with Crippen LogP contribution in [0.4, 0.5) is 0 Å². The third kappa shape index (κ3) is 6.24. The van der Waals surface area contributed by atoms with E-state index in [0.29, 0.717) is 0 Å². The van der Waals surface area contributed by atoms with Gasteiger partial charge in [-0.1, -0.05) is 33.1 Å². The first-order chi connectivity index (χ1) is 9.10. The molecule has 0 bridgehead atoms. The second kappa shape index (κ2) is 8.93. The normalized spacial score (nSPS) is 19.6.